The van der Waals surface area contributed by atoms with Gasteiger partial charge >= 0.3 is 0 Å². The van der Waals surface area contributed by atoms with Gasteiger partial charge in [-0.25, -0.2) is 0 Å². The van der Waals surface area contributed by atoms with Gasteiger partial charge < -0.3 is 14.8 Å². The van der Waals surface area contributed by atoms with Crippen LogP contribution < -0.4 is 14.8 Å². The van der Waals surface area contributed by atoms with Crippen molar-refractivity contribution in [1.29, 1.82) is 0 Å². The van der Waals surface area contributed by atoms with Crippen molar-refractivity contribution in [3.63, 3.8) is 0 Å². The molecule has 0 saturated heterocycles. The summed E-state index contributed by atoms with van der Waals surface area (Å²) in [6.45, 7) is 0. The van der Waals surface area contributed by atoms with E-state index in [0.29, 0.717) is 22.9 Å². The smallest absolute Gasteiger partial charge is 0.225 e. The monoisotopic (exact) mass is 317 g/mol. The second-order valence-electron chi connectivity index (χ2n) is 5.10. The second-order valence-corrected chi connectivity index (χ2v) is 5.51. The average Bonchev–Trinajstić information content (AvgIpc) is 2.53. The van der Waals surface area contributed by atoms with Gasteiger partial charge in [0, 0.05) is 5.02 Å². The van der Waals surface area contributed by atoms with Gasteiger partial charge in [0.2, 0.25) is 5.91 Å². The molecule has 2 aromatic carbocycles. The molecule has 114 valence electrons. The quantitative estimate of drug-likeness (QED) is 0.946. The van der Waals surface area contributed by atoms with Crippen LogP contribution in [0.2, 0.25) is 5.02 Å². The minimum Gasteiger partial charge on any atom is -0.493 e. The summed E-state index contributed by atoms with van der Waals surface area (Å²) >= 11 is 6.30. The first-order valence-corrected chi connectivity index (χ1v) is 7.30. The normalized spacial score (nSPS) is 16.7. The lowest BCUT2D eigenvalue weighted by Crippen LogP contribution is -2.36. The molecule has 0 spiro atoms. The van der Waals surface area contributed by atoms with Gasteiger partial charge in [0.1, 0.15) is 0 Å². The van der Waals surface area contributed by atoms with E-state index in [2.05, 4.69) is 5.32 Å². The molecule has 0 aromatic heterocycles. The molecule has 1 N–H and O–H groups in total. The fourth-order valence-electron chi connectivity index (χ4n) is 2.78. The van der Waals surface area contributed by atoms with Gasteiger partial charge in [-0.15, -0.1) is 0 Å². The van der Waals surface area contributed by atoms with Crippen LogP contribution in [0.4, 0.5) is 0 Å². The average molecular weight is 318 g/mol. The van der Waals surface area contributed by atoms with Crippen LogP contribution in [0.3, 0.4) is 0 Å². The van der Waals surface area contributed by atoms with Crippen LogP contribution in [0.1, 0.15) is 22.7 Å². The molecular formula is C17H16ClNO3. The van der Waals surface area contributed by atoms with Crippen LogP contribution in [-0.4, -0.2) is 20.1 Å². The van der Waals surface area contributed by atoms with Gasteiger partial charge in [-0.1, -0.05) is 29.8 Å². The molecule has 22 heavy (non-hydrogen) atoms. The summed E-state index contributed by atoms with van der Waals surface area (Å²) in [5.41, 5.74) is 2.77. The third kappa shape index (κ3) is 2.50. The Balaban J connectivity index is 2.16. The van der Waals surface area contributed by atoms with E-state index in [0.717, 1.165) is 16.7 Å². The summed E-state index contributed by atoms with van der Waals surface area (Å²) < 4.78 is 10.7. The van der Waals surface area contributed by atoms with E-state index in [1.165, 1.54) is 0 Å². The molecule has 3 rings (SSSR count). The van der Waals surface area contributed by atoms with Crippen molar-refractivity contribution in [3.8, 4) is 11.5 Å². The van der Waals surface area contributed by atoms with E-state index in [-0.39, 0.29) is 11.9 Å². The van der Waals surface area contributed by atoms with Gasteiger partial charge in [0.25, 0.3) is 0 Å². The lowest BCUT2D eigenvalue weighted by Gasteiger charge is -2.28. The number of carbonyl (C=O) groups is 1. The minimum absolute atomic E-state index is 0.0374. The number of carbonyl (C=O) groups excluding carboxylic acids is 1. The van der Waals surface area contributed by atoms with Crippen LogP contribution in [0.25, 0.3) is 0 Å². The Morgan fingerprint density at radius 3 is 2.45 bits per heavy atom. The molecule has 0 saturated carbocycles. The third-order valence-electron chi connectivity index (χ3n) is 3.83. The van der Waals surface area contributed by atoms with Crippen LogP contribution in [0.15, 0.2) is 36.4 Å². The van der Waals surface area contributed by atoms with Crippen LogP contribution in [-0.2, 0) is 11.2 Å². The highest BCUT2D eigenvalue weighted by Gasteiger charge is 2.28. The number of nitrogens with one attached hydrogen (secondary N) is 1. The molecule has 0 bridgehead atoms. The predicted octanol–water partition coefficient (Wildman–Crippen LogP) is 3.12. The Labute approximate surface area is 134 Å². The summed E-state index contributed by atoms with van der Waals surface area (Å²) in [5, 5.41) is 3.62. The van der Waals surface area contributed by atoms with E-state index < -0.39 is 0 Å². The van der Waals surface area contributed by atoms with Gasteiger partial charge in [0.15, 0.2) is 11.5 Å². The van der Waals surface area contributed by atoms with E-state index >= 15 is 0 Å². The van der Waals surface area contributed by atoms with Crippen molar-refractivity contribution in [2.24, 2.45) is 0 Å². The lowest BCUT2D eigenvalue weighted by atomic mass is 9.89. The number of benzene rings is 2. The first kappa shape index (κ1) is 14.7. The van der Waals surface area contributed by atoms with E-state index in [1.807, 2.05) is 36.4 Å². The molecule has 0 radical (unpaired) electrons. The van der Waals surface area contributed by atoms with E-state index in [1.54, 1.807) is 14.2 Å². The van der Waals surface area contributed by atoms with Crippen molar-refractivity contribution < 1.29 is 14.3 Å². The Morgan fingerprint density at radius 2 is 1.77 bits per heavy atom. The van der Waals surface area contributed by atoms with Crippen molar-refractivity contribution in [2.45, 2.75) is 12.5 Å². The molecule has 4 nitrogen and oxygen atoms in total. The standard InChI is InChI=1S/C17H16ClNO3/c1-21-14-7-10-8-16(20)19-17(12(10)9-15(14)22-2)11-5-3-4-6-13(11)18/h3-7,9,17H,8H2,1-2H3,(H,19,20)/t17-/m0/s1. The molecule has 1 atom stereocenters. The third-order valence-corrected chi connectivity index (χ3v) is 4.17. The summed E-state index contributed by atoms with van der Waals surface area (Å²) in [4.78, 5) is 12.0. The zero-order valence-electron chi connectivity index (χ0n) is 12.4. The van der Waals surface area contributed by atoms with Gasteiger partial charge in [-0.05, 0) is 34.9 Å². The highest BCUT2D eigenvalue weighted by Crippen LogP contribution is 2.39. The summed E-state index contributed by atoms with van der Waals surface area (Å²) in [6.07, 6.45) is 0.316. The zero-order valence-corrected chi connectivity index (χ0v) is 13.1. The maximum Gasteiger partial charge on any atom is 0.225 e. The first-order valence-electron chi connectivity index (χ1n) is 6.92. The molecule has 5 heteroatoms. The molecular weight excluding hydrogens is 302 g/mol. The van der Waals surface area contributed by atoms with Gasteiger partial charge in [0.05, 0.1) is 26.7 Å². The molecule has 2 aromatic rings. The Morgan fingerprint density at radius 1 is 1.09 bits per heavy atom. The van der Waals surface area contributed by atoms with Gasteiger partial charge in [-0.2, -0.15) is 0 Å². The number of amides is 1. The lowest BCUT2D eigenvalue weighted by molar-refractivity contribution is -0.121. The Kier molecular flexibility index (Phi) is 3.94. The fraction of sp³-hybridized carbons (Fsp3) is 0.235. The minimum atomic E-state index is -0.287. The first-order chi connectivity index (χ1) is 10.6. The molecule has 1 heterocycles. The molecule has 1 aliphatic rings. The zero-order chi connectivity index (χ0) is 15.7. The van der Waals surface area contributed by atoms with Crippen LogP contribution in [0, 0.1) is 0 Å². The highest BCUT2D eigenvalue weighted by atomic mass is 35.5. The second kappa shape index (κ2) is 5.89. The Bertz CT molecular complexity index is 730. The summed E-state index contributed by atoms with van der Waals surface area (Å²) in [5.74, 6) is 1.22. The van der Waals surface area contributed by atoms with Gasteiger partial charge in [-0.3, -0.25) is 4.79 Å². The van der Waals surface area contributed by atoms with Crippen molar-refractivity contribution in [1.82, 2.24) is 5.32 Å². The summed E-state index contributed by atoms with van der Waals surface area (Å²) in [6, 6.07) is 11.0. The number of rotatable bonds is 3. The number of halogens is 1. The largest absolute Gasteiger partial charge is 0.493 e. The van der Waals surface area contributed by atoms with Crippen molar-refractivity contribution >= 4 is 17.5 Å². The van der Waals surface area contributed by atoms with E-state index in [4.69, 9.17) is 21.1 Å². The molecule has 1 aliphatic heterocycles. The topological polar surface area (TPSA) is 47.6 Å². The predicted molar refractivity (Wildman–Crippen MR) is 84.7 cm³/mol. The van der Waals surface area contributed by atoms with E-state index in [9.17, 15) is 4.79 Å². The molecule has 0 aliphatic carbocycles. The number of hydrogen-bond donors (Lipinski definition) is 1. The number of hydrogen-bond acceptors (Lipinski definition) is 3. The Hall–Kier alpha value is -2.20. The molecule has 1 amide bonds. The number of ether oxygens (including phenoxy) is 2. The maximum atomic E-state index is 12.0. The fourth-order valence-corrected chi connectivity index (χ4v) is 3.02. The molecule has 0 unspecified atom stereocenters. The molecule has 0 fully saturated rings. The summed E-state index contributed by atoms with van der Waals surface area (Å²) in [7, 11) is 3.18. The number of methoxy groups -OCH3 is 2. The van der Waals surface area contributed by atoms with Crippen molar-refractivity contribution in [3.05, 3.63) is 58.1 Å². The van der Waals surface area contributed by atoms with Crippen molar-refractivity contribution in [2.75, 3.05) is 14.2 Å². The SMILES string of the molecule is COc1cc2c(cc1OC)[C@H](c1ccccc1Cl)NC(=O)C2. The maximum absolute atomic E-state index is 12.0. The van der Waals surface area contributed by atoms with Crippen LogP contribution in [0.5, 0.6) is 11.5 Å². The van der Waals surface area contributed by atoms with Crippen LogP contribution >= 0.6 is 11.6 Å². The highest BCUT2D eigenvalue weighted by molar-refractivity contribution is 6.31. The number of fused-ring (bicyclic) bond motifs is 1.